The molecule has 2 heterocycles. The number of anilines is 1. The molecule has 3 N–H and O–H groups in total. The fraction of sp³-hybridized carbons (Fsp3) is 0.545. The first-order valence-corrected chi connectivity index (χ1v) is 15.8. The molecule has 0 saturated carbocycles. The van der Waals surface area contributed by atoms with Gasteiger partial charge in [-0.25, -0.2) is 4.79 Å². The van der Waals surface area contributed by atoms with Crippen LogP contribution in [0.1, 0.15) is 51.7 Å². The minimum Gasteiger partial charge on any atom is -0.394 e. The van der Waals surface area contributed by atoms with E-state index in [2.05, 4.69) is 47.9 Å². The predicted molar refractivity (Wildman–Crippen MR) is 181 cm³/mol. The number of rotatable bonds is 12. The van der Waals surface area contributed by atoms with Crippen molar-refractivity contribution in [2.45, 2.75) is 52.6 Å². The quantitative estimate of drug-likeness (QED) is 0.182. The molecule has 10 nitrogen and oxygen atoms in total. The average molecular weight is 628 g/mol. The smallest absolute Gasteiger partial charge is 0.321 e. The van der Waals surface area contributed by atoms with Crippen molar-refractivity contribution in [3.05, 3.63) is 58.3 Å². The number of amides is 3. The highest BCUT2D eigenvalue weighted by Gasteiger charge is 2.32. The summed E-state index contributed by atoms with van der Waals surface area (Å²) in [5, 5.41) is 17.5. The molecule has 0 spiro atoms. The Morgan fingerprint density at radius 3 is 2.61 bits per heavy atom. The average Bonchev–Trinajstić information content (AvgIpc) is 3.34. The summed E-state index contributed by atoms with van der Waals surface area (Å²) < 4.78 is 0. The Balaban J connectivity index is 2.16. The number of piperazine rings is 1. The first-order valence-electron chi connectivity index (χ1n) is 15.4. The number of carbonyl (C=O) groups excluding carboxylic acids is 2. The number of urea groups is 1. The van der Waals surface area contributed by atoms with Crippen molar-refractivity contribution in [2.24, 2.45) is 4.99 Å². The molecule has 0 aromatic heterocycles. The summed E-state index contributed by atoms with van der Waals surface area (Å²) in [4.78, 5) is 37.4. The van der Waals surface area contributed by atoms with E-state index in [-0.39, 0.29) is 30.6 Å². The van der Waals surface area contributed by atoms with Crippen molar-refractivity contribution < 1.29 is 14.7 Å². The Labute approximate surface area is 268 Å². The summed E-state index contributed by atoms with van der Waals surface area (Å²) in [6.45, 7) is 15.5. The van der Waals surface area contributed by atoms with Crippen molar-refractivity contribution in [3.8, 4) is 0 Å². The van der Waals surface area contributed by atoms with Crippen LogP contribution < -0.4 is 10.6 Å². The van der Waals surface area contributed by atoms with Gasteiger partial charge in [0.2, 0.25) is 5.91 Å². The summed E-state index contributed by atoms with van der Waals surface area (Å²) in [6.07, 6.45) is 5.55. The van der Waals surface area contributed by atoms with Crippen LogP contribution >= 0.6 is 11.6 Å². The molecule has 2 fully saturated rings. The molecule has 1 aromatic rings. The Bertz CT molecular complexity index is 1310. The van der Waals surface area contributed by atoms with Crippen LogP contribution in [-0.2, 0) is 4.79 Å². The topological polar surface area (TPSA) is 104 Å². The van der Waals surface area contributed by atoms with Crippen molar-refractivity contribution in [1.29, 1.82) is 0 Å². The molecule has 44 heavy (non-hydrogen) atoms. The maximum Gasteiger partial charge on any atom is 0.321 e. The van der Waals surface area contributed by atoms with Crippen LogP contribution in [0.4, 0.5) is 10.5 Å². The Hall–Kier alpha value is -3.34. The summed E-state index contributed by atoms with van der Waals surface area (Å²) in [7, 11) is 5.59. The number of aliphatic hydroxyl groups excluding tert-OH is 1. The maximum atomic E-state index is 12.4. The first kappa shape index (κ1) is 35.1. The molecule has 2 atom stereocenters. The Morgan fingerprint density at radius 2 is 2.07 bits per heavy atom. The van der Waals surface area contributed by atoms with Gasteiger partial charge in [0.05, 0.1) is 19.2 Å². The normalized spacial score (nSPS) is 19.8. The number of benzene rings is 1. The lowest BCUT2D eigenvalue weighted by Crippen LogP contribution is -2.55. The third kappa shape index (κ3) is 8.02. The summed E-state index contributed by atoms with van der Waals surface area (Å²) in [5.41, 5.74) is 5.09. The molecule has 1 aromatic carbocycles. The molecular formula is C33H50ClN7O3. The molecule has 242 valence electrons. The highest BCUT2D eigenvalue weighted by Crippen LogP contribution is 2.38. The number of aliphatic hydroxyl groups is 1. The monoisotopic (exact) mass is 627 g/mol. The van der Waals surface area contributed by atoms with Gasteiger partial charge in [0, 0.05) is 79.4 Å². The van der Waals surface area contributed by atoms with E-state index < -0.39 is 0 Å². The van der Waals surface area contributed by atoms with Crippen LogP contribution in [0, 0.1) is 0 Å². The zero-order valence-electron chi connectivity index (χ0n) is 27.4. The number of nitrogens with one attached hydrogen (secondary N) is 2. The van der Waals surface area contributed by atoms with E-state index in [0.717, 1.165) is 58.9 Å². The number of allylic oxidation sites excluding steroid dienone is 3. The summed E-state index contributed by atoms with van der Waals surface area (Å²) in [5.74, 6) is 0.672. The van der Waals surface area contributed by atoms with Gasteiger partial charge < -0.3 is 30.4 Å². The minimum absolute atomic E-state index is 0.00126. The fourth-order valence-corrected chi connectivity index (χ4v) is 6.11. The fourth-order valence-electron chi connectivity index (χ4n) is 5.85. The second-order valence-corrected chi connectivity index (χ2v) is 12.0. The Kier molecular flexibility index (Phi) is 12.9. The van der Waals surface area contributed by atoms with Gasteiger partial charge in [-0.05, 0) is 64.6 Å². The molecule has 2 aliphatic heterocycles. The molecule has 2 aliphatic rings. The lowest BCUT2D eigenvalue weighted by Gasteiger charge is -2.41. The molecule has 0 radical (unpaired) electrons. The number of aliphatic imine (C=N–C) groups is 1. The van der Waals surface area contributed by atoms with Crippen molar-refractivity contribution in [2.75, 3.05) is 72.3 Å². The van der Waals surface area contributed by atoms with Gasteiger partial charge in [0.15, 0.2) is 0 Å². The largest absolute Gasteiger partial charge is 0.394 e. The molecular weight excluding hydrogens is 578 g/mol. The lowest BCUT2D eigenvalue weighted by molar-refractivity contribution is -0.128. The van der Waals surface area contributed by atoms with Crippen LogP contribution in [0.25, 0.3) is 5.57 Å². The zero-order valence-corrected chi connectivity index (χ0v) is 28.2. The van der Waals surface area contributed by atoms with E-state index in [0.29, 0.717) is 37.7 Å². The standard InChI is InChI=1S/C33H50ClN7O3/c1-9-12-13-38(7)20-24(21-42)37-28-17-25(31(22(4)10-2)29-18-36-33(44)39(29)8)27(34)16-26(28)32(35-6)41-15-14-40(19-23(41)5)30(43)11-3/h10-11,16-17,23-24,37,42H,3,9,12-15,18-21H2,1-2,4-8H3,(H,36,44)/b22-10-,31-29-,35-32?/t23-,24?/m0/s1. The molecule has 3 rings (SSSR count). The molecule has 0 aliphatic carbocycles. The highest BCUT2D eigenvalue weighted by atomic mass is 35.5. The number of amidine groups is 1. The number of unbranched alkanes of at least 4 members (excludes halogenated alkanes) is 1. The van der Waals surface area contributed by atoms with Gasteiger partial charge in [-0.1, -0.05) is 37.6 Å². The second kappa shape index (κ2) is 16.1. The number of halogens is 1. The zero-order chi connectivity index (χ0) is 32.6. The summed E-state index contributed by atoms with van der Waals surface area (Å²) >= 11 is 7.12. The molecule has 1 unspecified atom stereocenters. The van der Waals surface area contributed by atoms with Crippen LogP contribution in [0.2, 0.25) is 5.02 Å². The van der Waals surface area contributed by atoms with Gasteiger partial charge in [-0.3, -0.25) is 14.7 Å². The van der Waals surface area contributed by atoms with E-state index in [1.807, 2.05) is 32.1 Å². The molecule has 2 saturated heterocycles. The number of hydrogen-bond donors (Lipinski definition) is 3. The van der Waals surface area contributed by atoms with Gasteiger partial charge in [0.1, 0.15) is 5.84 Å². The van der Waals surface area contributed by atoms with E-state index in [4.69, 9.17) is 16.6 Å². The van der Waals surface area contributed by atoms with Gasteiger partial charge in [-0.2, -0.15) is 0 Å². The second-order valence-electron chi connectivity index (χ2n) is 11.6. The van der Waals surface area contributed by atoms with Crippen LogP contribution in [0.3, 0.4) is 0 Å². The Morgan fingerprint density at radius 1 is 1.34 bits per heavy atom. The van der Waals surface area contributed by atoms with Crippen LogP contribution in [0.15, 0.2) is 47.1 Å². The summed E-state index contributed by atoms with van der Waals surface area (Å²) in [6, 6.07) is 3.54. The van der Waals surface area contributed by atoms with Crippen molar-refractivity contribution in [3.63, 3.8) is 0 Å². The van der Waals surface area contributed by atoms with Crippen LogP contribution in [-0.4, -0.2) is 122 Å². The van der Waals surface area contributed by atoms with E-state index in [9.17, 15) is 14.7 Å². The van der Waals surface area contributed by atoms with Gasteiger partial charge >= 0.3 is 6.03 Å². The van der Waals surface area contributed by atoms with E-state index in [1.165, 1.54) is 6.08 Å². The number of hydrogen-bond acceptors (Lipinski definition) is 6. The van der Waals surface area contributed by atoms with Crippen molar-refractivity contribution >= 4 is 40.6 Å². The van der Waals surface area contributed by atoms with E-state index in [1.54, 1.807) is 23.9 Å². The third-order valence-electron chi connectivity index (χ3n) is 8.45. The van der Waals surface area contributed by atoms with Crippen LogP contribution in [0.5, 0.6) is 0 Å². The van der Waals surface area contributed by atoms with E-state index >= 15 is 0 Å². The molecule has 3 amide bonds. The molecule has 0 bridgehead atoms. The third-order valence-corrected chi connectivity index (χ3v) is 8.77. The number of carbonyl (C=O) groups is 2. The van der Waals surface area contributed by atoms with Gasteiger partial charge in [0.25, 0.3) is 0 Å². The minimum atomic E-state index is -0.251. The first-order chi connectivity index (χ1) is 21.0. The predicted octanol–water partition coefficient (Wildman–Crippen LogP) is 4.27. The number of likely N-dealkylation sites (N-methyl/N-ethyl adjacent to an activating group) is 2. The van der Waals surface area contributed by atoms with Crippen molar-refractivity contribution in [1.82, 2.24) is 24.9 Å². The molecule has 11 heteroatoms. The SMILES string of the molecule is C=CC(=O)N1CCN(C(=NC)c2cc(Cl)c(C(/C(C)=C\C)=C3/CNC(=O)N3C)cc2NC(CO)CN(C)CCCC)[C@@H](C)C1. The number of nitrogens with zero attached hydrogens (tertiary/aromatic N) is 5. The maximum absolute atomic E-state index is 12.4. The lowest BCUT2D eigenvalue weighted by atomic mass is 9.93. The highest BCUT2D eigenvalue weighted by molar-refractivity contribution is 6.33. The van der Waals surface area contributed by atoms with Gasteiger partial charge in [-0.15, -0.1) is 0 Å².